The molecule has 0 saturated carbocycles. The molecule has 11 nitrogen and oxygen atoms in total. The number of amides is 1. The second-order valence-electron chi connectivity index (χ2n) is 23.9. The van der Waals surface area contributed by atoms with Crippen molar-refractivity contribution in [1.82, 2.24) is 5.32 Å². The summed E-state index contributed by atoms with van der Waals surface area (Å²) in [5.74, 6) is -1.29. The molecule has 1 aliphatic rings. The fourth-order valence-corrected chi connectivity index (χ4v) is 10.3. The van der Waals surface area contributed by atoms with E-state index >= 15 is 0 Å². The van der Waals surface area contributed by atoms with Crippen LogP contribution >= 0.6 is 0 Å². The minimum absolute atomic E-state index is 0.00676. The smallest absolute Gasteiger partial charge is 0.306 e. The molecule has 8 atom stereocenters. The average molecular weight is 1220 g/mol. The second kappa shape index (κ2) is 62.3. The Bertz CT molecular complexity index is 1880. The van der Waals surface area contributed by atoms with E-state index in [0.29, 0.717) is 19.3 Å². The van der Waals surface area contributed by atoms with Crippen LogP contribution in [0.3, 0.4) is 0 Å². The summed E-state index contributed by atoms with van der Waals surface area (Å²) in [5, 5.41) is 57.2. The van der Waals surface area contributed by atoms with Gasteiger partial charge in [0.05, 0.1) is 25.4 Å². The first-order chi connectivity index (χ1) is 42.7. The lowest BCUT2D eigenvalue weighted by atomic mass is 9.99. The van der Waals surface area contributed by atoms with E-state index in [1.54, 1.807) is 6.08 Å². The molecule has 0 aromatic heterocycles. The van der Waals surface area contributed by atoms with E-state index in [-0.39, 0.29) is 19.4 Å². The van der Waals surface area contributed by atoms with Gasteiger partial charge < -0.3 is 45.1 Å². The number of nitrogens with one attached hydrogen (secondary N) is 1. The van der Waals surface area contributed by atoms with E-state index in [0.717, 1.165) is 89.9 Å². The van der Waals surface area contributed by atoms with Gasteiger partial charge in [-0.3, -0.25) is 9.59 Å². The molecule has 0 aromatic rings. The molecule has 1 heterocycles. The zero-order chi connectivity index (χ0) is 63.1. The zero-order valence-electron chi connectivity index (χ0n) is 55.3. The third kappa shape index (κ3) is 49.5. The number of aliphatic hydroxyl groups is 5. The predicted molar refractivity (Wildman–Crippen MR) is 365 cm³/mol. The summed E-state index contributed by atoms with van der Waals surface area (Å²) < 4.78 is 17.6. The summed E-state index contributed by atoms with van der Waals surface area (Å²) in [6.07, 6.45) is 76.8. The van der Waals surface area contributed by atoms with Crippen molar-refractivity contribution in [2.45, 2.75) is 333 Å². The number of allylic oxidation sites excluding steroid dienone is 19. The van der Waals surface area contributed by atoms with Gasteiger partial charge in [-0.15, -0.1) is 0 Å². The van der Waals surface area contributed by atoms with Crippen LogP contribution in [0.4, 0.5) is 0 Å². The van der Waals surface area contributed by atoms with E-state index in [1.807, 2.05) is 18.2 Å². The van der Waals surface area contributed by atoms with E-state index in [4.69, 9.17) is 14.2 Å². The third-order valence-electron chi connectivity index (χ3n) is 15.9. The Morgan fingerprint density at radius 1 is 0.460 bits per heavy atom. The van der Waals surface area contributed by atoms with Crippen LogP contribution < -0.4 is 5.32 Å². The molecule has 87 heavy (non-hydrogen) atoms. The molecular formula is C76H129NO10. The Morgan fingerprint density at radius 3 is 1.26 bits per heavy atom. The minimum Gasteiger partial charge on any atom is -0.454 e. The molecule has 1 fully saturated rings. The first-order valence-corrected chi connectivity index (χ1v) is 35.3. The highest BCUT2D eigenvalue weighted by atomic mass is 16.7. The predicted octanol–water partition coefficient (Wildman–Crippen LogP) is 18.2. The number of rotatable bonds is 59. The van der Waals surface area contributed by atoms with Gasteiger partial charge in [-0.05, 0) is 103 Å². The van der Waals surface area contributed by atoms with E-state index in [2.05, 4.69) is 123 Å². The van der Waals surface area contributed by atoms with Crippen LogP contribution in [-0.2, 0) is 23.8 Å². The maximum Gasteiger partial charge on any atom is 0.306 e. The summed E-state index contributed by atoms with van der Waals surface area (Å²) in [7, 11) is 0. The minimum atomic E-state index is -1.65. The molecule has 0 aromatic carbocycles. The molecule has 1 aliphatic heterocycles. The average Bonchev–Trinajstić information content (AvgIpc) is 2.51. The van der Waals surface area contributed by atoms with E-state index in [9.17, 15) is 35.1 Å². The summed E-state index contributed by atoms with van der Waals surface area (Å²) in [6, 6.07) is -1.05. The van der Waals surface area contributed by atoms with Gasteiger partial charge in [0.1, 0.15) is 24.4 Å². The highest BCUT2D eigenvalue weighted by Gasteiger charge is 2.47. The zero-order valence-corrected chi connectivity index (χ0v) is 55.3. The van der Waals surface area contributed by atoms with Crippen molar-refractivity contribution in [1.29, 1.82) is 0 Å². The topological polar surface area (TPSA) is 175 Å². The van der Waals surface area contributed by atoms with Gasteiger partial charge in [-0.2, -0.15) is 0 Å². The normalized spacial score (nSPS) is 19.0. The lowest BCUT2D eigenvalue weighted by molar-refractivity contribution is -0.305. The second-order valence-corrected chi connectivity index (χ2v) is 23.9. The molecule has 11 heteroatoms. The van der Waals surface area contributed by atoms with Crippen molar-refractivity contribution in [3.63, 3.8) is 0 Å². The Kier molecular flexibility index (Phi) is 58.0. The number of unbranched alkanes of at least 4 members (excludes halogenated alkanes) is 27. The van der Waals surface area contributed by atoms with Gasteiger partial charge in [0.15, 0.2) is 12.4 Å². The highest BCUT2D eigenvalue weighted by molar-refractivity contribution is 5.80. The van der Waals surface area contributed by atoms with Gasteiger partial charge in [-0.1, -0.05) is 296 Å². The van der Waals surface area contributed by atoms with Crippen molar-refractivity contribution < 1.29 is 49.3 Å². The van der Waals surface area contributed by atoms with Gasteiger partial charge in [0.25, 0.3) is 0 Å². The molecule has 1 rings (SSSR count). The summed E-state index contributed by atoms with van der Waals surface area (Å²) in [5.41, 5.74) is 0. The van der Waals surface area contributed by atoms with Crippen LogP contribution in [0.5, 0.6) is 0 Å². The van der Waals surface area contributed by atoms with Gasteiger partial charge in [0, 0.05) is 6.42 Å². The number of hydrogen-bond donors (Lipinski definition) is 6. The number of ether oxygens (including phenoxy) is 3. The van der Waals surface area contributed by atoms with E-state index in [1.165, 1.54) is 141 Å². The van der Waals surface area contributed by atoms with Crippen LogP contribution in [0.1, 0.15) is 284 Å². The van der Waals surface area contributed by atoms with Crippen molar-refractivity contribution in [3.8, 4) is 0 Å². The maximum atomic E-state index is 13.5. The third-order valence-corrected chi connectivity index (χ3v) is 15.9. The number of esters is 1. The number of aliphatic hydroxyl groups excluding tert-OH is 5. The van der Waals surface area contributed by atoms with E-state index < -0.39 is 67.4 Å². The molecule has 1 amide bonds. The fraction of sp³-hybridized carbons (Fsp3) is 0.711. The SMILES string of the molecule is CC/C=C\C/C=C\C/C=C\C/C=C\C/C=C\C/C=C\CCC(=O)OC1C(OCC(NC(=O)C(O)CCCCCCCCCCCCCCC/C=C\C/C=C\C/C=C\CCCCC)C(O)/C=C/CCCCCCCCCCCCC)OC(CO)C(O)C1O. The monoisotopic (exact) mass is 1220 g/mol. The Hall–Kier alpha value is -3.94. The largest absolute Gasteiger partial charge is 0.454 e. The Morgan fingerprint density at radius 2 is 0.828 bits per heavy atom. The summed E-state index contributed by atoms with van der Waals surface area (Å²) >= 11 is 0. The lowest BCUT2D eigenvalue weighted by Crippen LogP contribution is -2.61. The molecular weight excluding hydrogens is 1090 g/mol. The maximum absolute atomic E-state index is 13.5. The molecule has 0 bridgehead atoms. The van der Waals surface area contributed by atoms with Crippen molar-refractivity contribution in [2.75, 3.05) is 13.2 Å². The molecule has 0 aliphatic carbocycles. The first kappa shape index (κ1) is 81.1. The Labute approximate surface area is 531 Å². The molecule has 498 valence electrons. The quantitative estimate of drug-likeness (QED) is 0.0195. The molecule has 8 unspecified atom stereocenters. The standard InChI is InChI=1S/C76H129NO10/c1-4-7-10-13-16-19-22-25-27-29-31-32-33-34-35-36-37-39-40-42-45-48-51-54-57-60-63-69(80)75(84)77-67(68(79)62-59-56-53-50-47-44-24-21-18-15-12-9-6-3)66-85-76-74(73(83)72(82)70(65-78)86-76)87-71(81)64-61-58-55-52-49-46-43-41-38-30-28-26-23-20-17-14-11-8-5-2/h8,11,16-17,19-20,25-28,31-32,38,41,46,49,55,58-59,62,67-70,72-74,76,78-80,82-83H,4-7,9-10,12-15,18,21-24,29-30,33-37,39-40,42-45,47-48,50-54,56-57,60-61,63-66H2,1-3H3,(H,77,84)/b11-8-,19-16-,20-17-,27-25-,28-26-,32-31-,41-38-,49-46-,58-55-,62-59+. The lowest BCUT2D eigenvalue weighted by Gasteiger charge is -2.41. The van der Waals surface area contributed by atoms with Crippen molar-refractivity contribution in [2.24, 2.45) is 0 Å². The van der Waals surface area contributed by atoms with Crippen molar-refractivity contribution in [3.05, 3.63) is 122 Å². The molecule has 0 spiro atoms. The van der Waals surface area contributed by atoms with Crippen LogP contribution in [-0.4, -0.2) is 99.6 Å². The van der Waals surface area contributed by atoms with Crippen LogP contribution in [0.25, 0.3) is 0 Å². The Balaban J connectivity index is 2.63. The van der Waals surface area contributed by atoms with Crippen molar-refractivity contribution >= 4 is 11.9 Å². The molecule has 0 radical (unpaired) electrons. The number of hydrogen-bond acceptors (Lipinski definition) is 10. The highest BCUT2D eigenvalue weighted by Crippen LogP contribution is 2.26. The molecule has 1 saturated heterocycles. The summed E-state index contributed by atoms with van der Waals surface area (Å²) in [6.45, 7) is 5.63. The molecule has 6 N–H and O–H groups in total. The number of carbonyl (C=O) groups excluding carboxylic acids is 2. The van der Waals surface area contributed by atoms with Gasteiger partial charge >= 0.3 is 5.97 Å². The first-order valence-electron chi connectivity index (χ1n) is 35.3. The fourth-order valence-electron chi connectivity index (χ4n) is 10.3. The van der Waals surface area contributed by atoms with Gasteiger partial charge in [0.2, 0.25) is 5.91 Å². The van der Waals surface area contributed by atoms with Gasteiger partial charge in [-0.25, -0.2) is 0 Å². The van der Waals surface area contributed by atoms with Crippen LogP contribution in [0.15, 0.2) is 122 Å². The number of carbonyl (C=O) groups is 2. The summed E-state index contributed by atoms with van der Waals surface area (Å²) in [4.78, 5) is 26.6. The van der Waals surface area contributed by atoms with Crippen LogP contribution in [0.2, 0.25) is 0 Å². The van der Waals surface area contributed by atoms with Crippen LogP contribution in [0, 0.1) is 0 Å².